The van der Waals surface area contributed by atoms with Crippen molar-refractivity contribution >= 4 is 13.6 Å². The molecule has 1 saturated heterocycles. The van der Waals surface area contributed by atoms with E-state index in [1.54, 1.807) is 0 Å². The van der Waals surface area contributed by atoms with E-state index >= 15 is 0 Å². The molecule has 4 heteroatoms. The molecule has 2 rings (SSSR count). The quantitative estimate of drug-likeness (QED) is 0.490. The summed E-state index contributed by atoms with van der Waals surface area (Å²) in [4.78, 5) is 0. The summed E-state index contributed by atoms with van der Waals surface area (Å²) in [5.41, 5.74) is 0. The monoisotopic (exact) mass is 256 g/mol. The van der Waals surface area contributed by atoms with Crippen molar-refractivity contribution in [2.24, 2.45) is 0 Å². The first-order valence-electron chi connectivity index (χ1n) is 3.35. The van der Waals surface area contributed by atoms with Gasteiger partial charge in [0.25, 0.3) is 0 Å². The van der Waals surface area contributed by atoms with Crippen molar-refractivity contribution in [3.05, 3.63) is 6.79 Å². The van der Waals surface area contributed by atoms with Crippen molar-refractivity contribution in [1.29, 1.82) is 0 Å². The number of hydrogen-bond acceptors (Lipinski definition) is 2. The third kappa shape index (κ3) is 1.79. The molecule has 0 N–H and O–H groups in total. The average Bonchev–Trinajstić information content (AvgIpc) is 2.38. The predicted molar refractivity (Wildman–Crippen MR) is 36.6 cm³/mol. The van der Waals surface area contributed by atoms with Gasteiger partial charge in [-0.1, -0.05) is 6.79 Å². The summed E-state index contributed by atoms with van der Waals surface area (Å²) in [6, 6.07) is 0. The molecule has 54 valence electrons. The second kappa shape index (κ2) is 4.15. The van der Waals surface area contributed by atoms with E-state index < -0.39 is 0 Å². The zero-order chi connectivity index (χ0) is 7.45. The van der Waals surface area contributed by atoms with Gasteiger partial charge in [0.2, 0.25) is 0 Å². The van der Waals surface area contributed by atoms with Crippen molar-refractivity contribution in [1.82, 2.24) is 0 Å². The number of hydrogen-bond donors (Lipinski definition) is 0. The van der Waals surface area contributed by atoms with E-state index in [0.717, 1.165) is 12.8 Å². The molecule has 10 heavy (non-hydrogen) atoms. The van der Waals surface area contributed by atoms with Crippen LogP contribution in [0.25, 0.3) is 0 Å². The van der Waals surface area contributed by atoms with E-state index in [0.29, 0.717) is 0 Å². The molecule has 2 aliphatic rings. The van der Waals surface area contributed by atoms with Crippen molar-refractivity contribution in [2.45, 2.75) is 31.5 Å². The molecule has 1 heterocycles. The molecule has 0 amide bonds. The molecule has 0 radical (unpaired) electrons. The molecule has 2 fully saturated rings. The molecular weight excluding hydrogens is 249 g/mol. The van der Waals surface area contributed by atoms with Crippen LogP contribution in [0.1, 0.15) is 25.7 Å². The van der Waals surface area contributed by atoms with Crippen LogP contribution < -0.4 is 0 Å². The van der Waals surface area contributed by atoms with E-state index in [-0.39, 0.29) is 5.79 Å². The standard InChI is InChI=1S/C6H9O2.BrH.Zn/c1-2-4-6(3-1)7-5-8-6;;/h5H,1-4H2;1H;/q-1;;+2/p-1. The van der Waals surface area contributed by atoms with Crippen LogP contribution in [0.5, 0.6) is 0 Å². The maximum absolute atomic E-state index is 5.13. The molecule has 2 nitrogen and oxygen atoms in total. The fourth-order valence-corrected chi connectivity index (χ4v) is 1.33. The first-order valence-corrected chi connectivity index (χ1v) is 10.3. The molecule has 0 aromatic rings. The van der Waals surface area contributed by atoms with Crippen LogP contribution in [0.15, 0.2) is 0 Å². The van der Waals surface area contributed by atoms with Gasteiger partial charge in [0.1, 0.15) is 5.79 Å². The Labute approximate surface area is 77.7 Å². The van der Waals surface area contributed by atoms with Crippen LogP contribution in [0, 0.1) is 6.79 Å². The topological polar surface area (TPSA) is 18.5 Å². The van der Waals surface area contributed by atoms with Gasteiger partial charge in [0.05, 0.1) is 0 Å². The second-order valence-electron chi connectivity index (χ2n) is 2.45. The van der Waals surface area contributed by atoms with Gasteiger partial charge in [0, 0.05) is 0 Å². The van der Waals surface area contributed by atoms with Crippen molar-refractivity contribution in [3.63, 3.8) is 0 Å². The Morgan fingerprint density at radius 3 is 1.90 bits per heavy atom. The fraction of sp³-hybridized carbons (Fsp3) is 0.833. The summed E-state index contributed by atoms with van der Waals surface area (Å²) < 4.78 is 10.3. The molecule has 1 saturated carbocycles. The van der Waals surface area contributed by atoms with Crippen LogP contribution in [0.4, 0.5) is 0 Å². The van der Waals surface area contributed by atoms with Crippen molar-refractivity contribution in [3.8, 4) is 0 Å². The SMILES string of the molecule is [CH-]1OC2(CCCC2)O1.[Zn+][Br]. The van der Waals surface area contributed by atoms with E-state index in [9.17, 15) is 0 Å². The van der Waals surface area contributed by atoms with Gasteiger partial charge in [0.15, 0.2) is 0 Å². The first-order chi connectivity index (χ1) is 4.91. The minimum atomic E-state index is -0.139. The summed E-state index contributed by atoms with van der Waals surface area (Å²) >= 11 is 4.25. The van der Waals surface area contributed by atoms with Crippen molar-refractivity contribution < 1.29 is 25.8 Å². The number of halogens is 1. The second-order valence-corrected chi connectivity index (χ2v) is 2.45. The molecule has 0 atom stereocenters. The number of ether oxygens (including phenoxy) is 2. The Morgan fingerprint density at radius 2 is 1.70 bits per heavy atom. The summed E-state index contributed by atoms with van der Waals surface area (Å²) in [6.45, 7) is 1.44. The zero-order valence-corrected chi connectivity index (χ0v) is 10.4. The van der Waals surface area contributed by atoms with E-state index in [4.69, 9.17) is 9.47 Å². The Bertz CT molecular complexity index is 97.9. The van der Waals surface area contributed by atoms with Crippen molar-refractivity contribution in [2.75, 3.05) is 0 Å². The molecule has 0 aromatic carbocycles. The van der Waals surface area contributed by atoms with Crippen LogP contribution in [-0.4, -0.2) is 5.79 Å². The number of rotatable bonds is 0. The van der Waals surface area contributed by atoms with Crippen LogP contribution >= 0.6 is 13.6 Å². The van der Waals surface area contributed by atoms with E-state index in [1.165, 1.54) is 36.0 Å². The van der Waals surface area contributed by atoms with Gasteiger partial charge in [-0.15, -0.1) is 0 Å². The molecule has 0 bridgehead atoms. The third-order valence-electron chi connectivity index (χ3n) is 1.89. The molecule has 0 aromatic heterocycles. The fourth-order valence-electron chi connectivity index (χ4n) is 1.33. The summed E-state index contributed by atoms with van der Waals surface area (Å²) in [6.07, 6.45) is 4.69. The Balaban J connectivity index is 0.000000231. The maximum atomic E-state index is 5.13. The Kier molecular flexibility index (Phi) is 3.78. The molecule has 1 aliphatic heterocycles. The molecule has 1 aliphatic carbocycles. The van der Waals surface area contributed by atoms with E-state index in [1.807, 2.05) is 0 Å². The Morgan fingerprint density at radius 1 is 1.20 bits per heavy atom. The third-order valence-corrected chi connectivity index (χ3v) is 1.89. The van der Waals surface area contributed by atoms with Gasteiger partial charge in [-0.3, -0.25) is 0 Å². The Hall–Kier alpha value is 1.02. The van der Waals surface area contributed by atoms with Crippen LogP contribution in [0.3, 0.4) is 0 Å². The van der Waals surface area contributed by atoms with Gasteiger partial charge in [-0.25, -0.2) is 0 Å². The predicted octanol–water partition coefficient (Wildman–Crippen LogP) is 2.27. The molecular formula is C6H9BrO2Zn. The van der Waals surface area contributed by atoms with Gasteiger partial charge in [-0.2, -0.15) is 0 Å². The molecule has 0 unspecified atom stereocenters. The normalized spacial score (nSPS) is 27.1. The van der Waals surface area contributed by atoms with Gasteiger partial charge < -0.3 is 9.47 Å². The minimum absolute atomic E-state index is 0.139. The van der Waals surface area contributed by atoms with Gasteiger partial charge >= 0.3 is 30.0 Å². The van der Waals surface area contributed by atoms with Gasteiger partial charge in [-0.05, 0) is 25.7 Å². The van der Waals surface area contributed by atoms with Crippen LogP contribution in [0.2, 0.25) is 0 Å². The summed E-state index contributed by atoms with van der Waals surface area (Å²) in [5.74, 6) is -0.139. The zero-order valence-electron chi connectivity index (χ0n) is 5.81. The average molecular weight is 258 g/mol. The molecule has 1 spiro atoms. The summed E-state index contributed by atoms with van der Waals surface area (Å²) in [5, 5.41) is 0. The summed E-state index contributed by atoms with van der Waals surface area (Å²) in [7, 11) is 0. The van der Waals surface area contributed by atoms with E-state index in [2.05, 4.69) is 13.6 Å². The first kappa shape index (κ1) is 9.11. The van der Waals surface area contributed by atoms with Crippen LogP contribution in [-0.2, 0) is 25.8 Å².